The zero-order valence-corrected chi connectivity index (χ0v) is 16.9. The van der Waals surface area contributed by atoms with Crippen molar-refractivity contribution < 1.29 is 32.9 Å². The van der Waals surface area contributed by atoms with Crippen molar-refractivity contribution in [3.8, 4) is 5.75 Å². The number of phenolic OH excluding ortho intramolecular Hbond substituents is 1. The lowest BCUT2D eigenvalue weighted by Gasteiger charge is -2.19. The molecule has 0 amide bonds. The van der Waals surface area contributed by atoms with Crippen LogP contribution in [-0.2, 0) is 14.6 Å². The van der Waals surface area contributed by atoms with E-state index in [9.17, 15) is 28.1 Å². The standard InChI is InChI=1S/C20H27FO6S/c1-3-13(8-14-5-6-17(23)16(21)9-14)4-7-18(24)20-15(11-27-2)12-28(25,26)19(20)10-22/h5-6,8-9,18-19,22-24H,3-4,7,10-12H2,1-2H3/b13-8+/t18-,19+/m1/s1. The molecule has 156 valence electrons. The van der Waals surface area contributed by atoms with E-state index in [4.69, 9.17) is 4.74 Å². The molecule has 0 unspecified atom stereocenters. The third-order valence-corrected chi connectivity index (χ3v) is 6.96. The molecular formula is C20H27FO6S. The number of sulfone groups is 1. The van der Waals surface area contributed by atoms with Crippen LogP contribution in [0.1, 0.15) is 31.7 Å². The number of aromatic hydroxyl groups is 1. The van der Waals surface area contributed by atoms with Gasteiger partial charge in [-0.15, -0.1) is 0 Å². The highest BCUT2D eigenvalue weighted by Gasteiger charge is 2.40. The summed E-state index contributed by atoms with van der Waals surface area (Å²) in [6.07, 6.45) is 2.18. The van der Waals surface area contributed by atoms with E-state index in [1.165, 1.54) is 19.2 Å². The van der Waals surface area contributed by atoms with E-state index in [0.717, 1.165) is 5.57 Å². The minimum absolute atomic E-state index is 0.0887. The number of phenols is 1. The van der Waals surface area contributed by atoms with Gasteiger partial charge < -0.3 is 20.1 Å². The van der Waals surface area contributed by atoms with E-state index in [1.807, 2.05) is 6.92 Å². The van der Waals surface area contributed by atoms with E-state index < -0.39 is 39.4 Å². The molecule has 1 aromatic rings. The number of allylic oxidation sites excluding steroid dienone is 1. The largest absolute Gasteiger partial charge is 0.505 e. The Balaban J connectivity index is 2.17. The summed E-state index contributed by atoms with van der Waals surface area (Å²) in [5.41, 5.74) is 2.37. The van der Waals surface area contributed by atoms with Crippen LogP contribution >= 0.6 is 0 Å². The lowest BCUT2D eigenvalue weighted by molar-refractivity contribution is 0.182. The fourth-order valence-electron chi connectivity index (χ4n) is 3.49. The highest BCUT2D eigenvalue weighted by atomic mass is 32.2. The molecule has 1 heterocycles. The monoisotopic (exact) mass is 414 g/mol. The fourth-order valence-corrected chi connectivity index (χ4v) is 5.36. The summed E-state index contributed by atoms with van der Waals surface area (Å²) < 4.78 is 43.1. The van der Waals surface area contributed by atoms with Crippen LogP contribution in [0.4, 0.5) is 4.39 Å². The van der Waals surface area contributed by atoms with E-state index in [2.05, 4.69) is 0 Å². The minimum Gasteiger partial charge on any atom is -0.505 e. The Morgan fingerprint density at radius 2 is 2.14 bits per heavy atom. The summed E-state index contributed by atoms with van der Waals surface area (Å²) in [5.74, 6) is -1.34. The lowest BCUT2D eigenvalue weighted by Crippen LogP contribution is -2.29. The highest BCUT2D eigenvalue weighted by molar-refractivity contribution is 7.92. The highest BCUT2D eigenvalue weighted by Crippen LogP contribution is 2.32. The van der Waals surface area contributed by atoms with E-state index in [0.29, 0.717) is 29.6 Å². The Hall–Kier alpha value is -1.74. The van der Waals surface area contributed by atoms with Crippen LogP contribution in [0.15, 0.2) is 34.9 Å². The van der Waals surface area contributed by atoms with Crippen LogP contribution < -0.4 is 0 Å². The number of aliphatic hydroxyl groups excluding tert-OH is 2. The first-order valence-corrected chi connectivity index (χ1v) is 10.8. The van der Waals surface area contributed by atoms with E-state index in [1.54, 1.807) is 12.1 Å². The predicted molar refractivity (Wildman–Crippen MR) is 105 cm³/mol. The molecule has 0 radical (unpaired) electrons. The molecule has 0 saturated heterocycles. The van der Waals surface area contributed by atoms with Crippen LogP contribution in [0, 0.1) is 5.82 Å². The average molecular weight is 414 g/mol. The molecule has 2 rings (SSSR count). The average Bonchev–Trinajstić information content (AvgIpc) is 2.90. The summed E-state index contributed by atoms with van der Waals surface area (Å²) in [6.45, 7) is 1.44. The summed E-state index contributed by atoms with van der Waals surface area (Å²) in [5, 5.41) is 28.4. The minimum atomic E-state index is -3.55. The van der Waals surface area contributed by atoms with Crippen molar-refractivity contribution in [2.75, 3.05) is 26.1 Å². The van der Waals surface area contributed by atoms with Gasteiger partial charge in [-0.2, -0.15) is 0 Å². The van der Waals surface area contributed by atoms with Crippen LogP contribution in [-0.4, -0.2) is 61.2 Å². The predicted octanol–water partition coefficient (Wildman–Crippen LogP) is 2.20. The first-order chi connectivity index (χ1) is 13.2. The molecule has 2 atom stereocenters. The molecule has 0 aliphatic carbocycles. The zero-order chi connectivity index (χ0) is 20.9. The number of halogens is 1. The Labute approximate surface area is 164 Å². The number of methoxy groups -OCH3 is 1. The summed E-state index contributed by atoms with van der Waals surface area (Å²) in [7, 11) is -2.10. The van der Waals surface area contributed by atoms with Gasteiger partial charge >= 0.3 is 0 Å². The maximum Gasteiger partial charge on any atom is 0.165 e. The van der Waals surface area contributed by atoms with Gasteiger partial charge in [-0.05, 0) is 48.1 Å². The Morgan fingerprint density at radius 3 is 2.71 bits per heavy atom. The Bertz CT molecular complexity index is 859. The summed E-state index contributed by atoms with van der Waals surface area (Å²) >= 11 is 0. The van der Waals surface area contributed by atoms with E-state index in [-0.39, 0.29) is 18.8 Å². The van der Waals surface area contributed by atoms with Crippen LogP contribution in [0.5, 0.6) is 5.75 Å². The van der Waals surface area contributed by atoms with Crippen molar-refractivity contribution >= 4 is 15.9 Å². The first kappa shape index (κ1) is 22.5. The van der Waals surface area contributed by atoms with Gasteiger partial charge in [0.1, 0.15) is 5.25 Å². The first-order valence-electron chi connectivity index (χ1n) is 9.12. The van der Waals surface area contributed by atoms with Gasteiger partial charge in [0.25, 0.3) is 0 Å². The van der Waals surface area contributed by atoms with Crippen LogP contribution in [0.2, 0.25) is 0 Å². The Morgan fingerprint density at radius 1 is 1.43 bits per heavy atom. The molecule has 6 nitrogen and oxygen atoms in total. The SMILES string of the molecule is CC/C(=C\c1ccc(O)c(F)c1)CC[C@@H](O)C1=C(COC)CS(=O)(=O)[C@H]1CO. The van der Waals surface area contributed by atoms with Gasteiger partial charge in [0.05, 0.1) is 25.1 Å². The number of hydrogen-bond donors (Lipinski definition) is 3. The summed E-state index contributed by atoms with van der Waals surface area (Å²) in [6, 6.07) is 4.10. The number of benzene rings is 1. The van der Waals surface area contributed by atoms with Gasteiger partial charge in [0.15, 0.2) is 21.4 Å². The van der Waals surface area contributed by atoms with E-state index >= 15 is 0 Å². The number of ether oxygens (including phenoxy) is 1. The van der Waals surface area contributed by atoms with Crippen molar-refractivity contribution in [3.05, 3.63) is 46.3 Å². The lowest BCUT2D eigenvalue weighted by atomic mass is 9.94. The zero-order valence-electron chi connectivity index (χ0n) is 16.1. The number of aliphatic hydroxyl groups is 2. The molecule has 3 N–H and O–H groups in total. The second kappa shape index (κ2) is 9.65. The Kier molecular flexibility index (Phi) is 7.77. The normalized spacial score (nSPS) is 20.6. The molecule has 1 aliphatic rings. The molecular weight excluding hydrogens is 387 g/mol. The topological polar surface area (TPSA) is 104 Å². The van der Waals surface area contributed by atoms with Gasteiger partial charge in [0, 0.05) is 7.11 Å². The van der Waals surface area contributed by atoms with Crippen molar-refractivity contribution in [3.63, 3.8) is 0 Å². The molecule has 0 saturated carbocycles. The molecule has 0 aromatic heterocycles. The van der Waals surface area contributed by atoms with Gasteiger partial charge in [0.2, 0.25) is 0 Å². The van der Waals surface area contributed by atoms with Gasteiger partial charge in [-0.1, -0.05) is 24.6 Å². The second-order valence-electron chi connectivity index (χ2n) is 6.89. The molecule has 0 bridgehead atoms. The molecule has 1 aromatic carbocycles. The van der Waals surface area contributed by atoms with Crippen LogP contribution in [0.25, 0.3) is 6.08 Å². The quantitative estimate of drug-likeness (QED) is 0.535. The van der Waals surface area contributed by atoms with Crippen LogP contribution in [0.3, 0.4) is 0 Å². The number of hydrogen-bond acceptors (Lipinski definition) is 6. The molecule has 28 heavy (non-hydrogen) atoms. The van der Waals surface area contributed by atoms with Crippen molar-refractivity contribution in [1.82, 2.24) is 0 Å². The van der Waals surface area contributed by atoms with Crippen molar-refractivity contribution in [2.45, 2.75) is 37.5 Å². The fraction of sp³-hybridized carbons (Fsp3) is 0.500. The third kappa shape index (κ3) is 5.20. The van der Waals surface area contributed by atoms with Crippen molar-refractivity contribution in [2.24, 2.45) is 0 Å². The maximum absolute atomic E-state index is 13.5. The molecule has 1 aliphatic heterocycles. The molecule has 0 fully saturated rings. The second-order valence-corrected chi connectivity index (χ2v) is 9.08. The summed E-state index contributed by atoms with van der Waals surface area (Å²) in [4.78, 5) is 0. The smallest absolute Gasteiger partial charge is 0.165 e. The molecule has 0 spiro atoms. The number of rotatable bonds is 9. The third-order valence-electron chi connectivity index (χ3n) is 4.94. The van der Waals surface area contributed by atoms with Gasteiger partial charge in [-0.3, -0.25) is 0 Å². The maximum atomic E-state index is 13.5. The molecule has 8 heteroatoms. The van der Waals surface area contributed by atoms with Crippen molar-refractivity contribution in [1.29, 1.82) is 0 Å². The van der Waals surface area contributed by atoms with Gasteiger partial charge in [-0.25, -0.2) is 12.8 Å².